The maximum atomic E-state index is 11.9. The van der Waals surface area contributed by atoms with Gasteiger partial charge in [0.2, 0.25) is 0 Å². The van der Waals surface area contributed by atoms with Crippen molar-refractivity contribution in [2.24, 2.45) is 0 Å². The van der Waals surface area contributed by atoms with Gasteiger partial charge in [-0.15, -0.1) is 6.58 Å². The third kappa shape index (κ3) is 2.51. The third-order valence-electron chi connectivity index (χ3n) is 2.76. The number of carbonyl (C=O) groups is 1. The molecule has 2 rings (SSSR count). The van der Waals surface area contributed by atoms with Crippen LogP contribution in [0.5, 0.6) is 0 Å². The van der Waals surface area contributed by atoms with Gasteiger partial charge >= 0.3 is 0 Å². The number of nitrogens with zero attached hydrogens (tertiary/aromatic N) is 1. The van der Waals surface area contributed by atoms with E-state index in [1.54, 1.807) is 6.08 Å². The van der Waals surface area contributed by atoms with Crippen molar-refractivity contribution in [3.05, 3.63) is 66.5 Å². The number of aryl methyl sites for hydroxylation is 1. The number of hydrogen-bond donors (Lipinski definition) is 1. The third-order valence-corrected chi connectivity index (χ3v) is 2.76. The Hall–Kier alpha value is -2.29. The summed E-state index contributed by atoms with van der Waals surface area (Å²) in [5.74, 6) is -0.0803. The van der Waals surface area contributed by atoms with Crippen LogP contribution in [0.1, 0.15) is 15.9 Å². The summed E-state index contributed by atoms with van der Waals surface area (Å²) in [6, 6.07) is 9.61. The summed E-state index contributed by atoms with van der Waals surface area (Å²) in [4.78, 5) is 11.9. The topological polar surface area (TPSA) is 34.0 Å². The Balaban J connectivity index is 2.32. The molecule has 0 saturated heterocycles. The Kier molecular flexibility index (Phi) is 3.63. The van der Waals surface area contributed by atoms with Gasteiger partial charge in [-0.05, 0) is 36.8 Å². The summed E-state index contributed by atoms with van der Waals surface area (Å²) < 4.78 is 2.00. The molecule has 0 saturated carbocycles. The summed E-state index contributed by atoms with van der Waals surface area (Å²) in [6.45, 7) is 6.09. The molecule has 3 heteroatoms. The lowest BCUT2D eigenvalue weighted by Gasteiger charge is -2.10. The first kappa shape index (κ1) is 12.2. The molecule has 0 atom stereocenters. The number of hydrogen-bond acceptors (Lipinski definition) is 1. The summed E-state index contributed by atoms with van der Waals surface area (Å²) in [6.07, 6.45) is 5.60. The largest absolute Gasteiger partial charge is 0.349 e. The van der Waals surface area contributed by atoms with Crippen molar-refractivity contribution in [2.75, 3.05) is 6.54 Å². The van der Waals surface area contributed by atoms with Crippen molar-refractivity contribution in [1.82, 2.24) is 9.88 Å². The van der Waals surface area contributed by atoms with Gasteiger partial charge in [0.25, 0.3) is 5.91 Å². The predicted octanol–water partition coefficient (Wildman–Crippen LogP) is 2.70. The summed E-state index contributed by atoms with van der Waals surface area (Å²) in [5, 5.41) is 2.77. The van der Waals surface area contributed by atoms with Gasteiger partial charge in [-0.3, -0.25) is 4.79 Å². The van der Waals surface area contributed by atoms with Crippen LogP contribution < -0.4 is 5.32 Å². The highest BCUT2D eigenvalue weighted by atomic mass is 16.1. The molecule has 0 radical (unpaired) electrons. The van der Waals surface area contributed by atoms with Crippen LogP contribution in [0.2, 0.25) is 0 Å². The molecule has 1 N–H and O–H groups in total. The van der Waals surface area contributed by atoms with Crippen molar-refractivity contribution in [1.29, 1.82) is 0 Å². The van der Waals surface area contributed by atoms with Crippen LogP contribution in [0.25, 0.3) is 5.69 Å². The number of benzene rings is 1. The molecule has 0 aliphatic carbocycles. The fraction of sp³-hybridized carbons (Fsp3) is 0.133. The van der Waals surface area contributed by atoms with E-state index in [0.29, 0.717) is 12.1 Å². The lowest BCUT2D eigenvalue weighted by atomic mass is 10.1. The zero-order chi connectivity index (χ0) is 13.0. The SMILES string of the molecule is C=CCNC(=O)c1ccc(C)c(-n2cccc2)c1. The molecule has 0 aliphatic heterocycles. The molecule has 1 amide bonds. The molecule has 0 aliphatic rings. The summed E-state index contributed by atoms with van der Waals surface area (Å²) in [7, 11) is 0. The Morgan fingerprint density at radius 3 is 2.78 bits per heavy atom. The highest BCUT2D eigenvalue weighted by Crippen LogP contribution is 2.16. The van der Waals surface area contributed by atoms with Crippen molar-refractivity contribution in [3.8, 4) is 5.69 Å². The minimum absolute atomic E-state index is 0.0803. The fourth-order valence-electron chi connectivity index (χ4n) is 1.79. The zero-order valence-corrected chi connectivity index (χ0v) is 10.4. The number of carbonyl (C=O) groups excluding carboxylic acids is 1. The second kappa shape index (κ2) is 5.36. The Labute approximate surface area is 107 Å². The number of rotatable bonds is 4. The first-order chi connectivity index (χ1) is 8.72. The average molecular weight is 240 g/mol. The molecule has 1 heterocycles. The monoisotopic (exact) mass is 240 g/mol. The minimum Gasteiger partial charge on any atom is -0.349 e. The van der Waals surface area contributed by atoms with E-state index in [9.17, 15) is 4.79 Å². The molecular weight excluding hydrogens is 224 g/mol. The van der Waals surface area contributed by atoms with Gasteiger partial charge in [-0.2, -0.15) is 0 Å². The highest BCUT2D eigenvalue weighted by molar-refractivity contribution is 5.95. The Bertz CT molecular complexity index is 556. The first-order valence-electron chi connectivity index (χ1n) is 5.85. The molecule has 0 unspecified atom stereocenters. The van der Waals surface area contributed by atoms with E-state index in [0.717, 1.165) is 11.3 Å². The van der Waals surface area contributed by atoms with E-state index in [4.69, 9.17) is 0 Å². The maximum absolute atomic E-state index is 11.9. The van der Waals surface area contributed by atoms with Crippen LogP contribution in [0.15, 0.2) is 55.4 Å². The van der Waals surface area contributed by atoms with Gasteiger partial charge < -0.3 is 9.88 Å². The van der Waals surface area contributed by atoms with Crippen molar-refractivity contribution < 1.29 is 4.79 Å². The molecular formula is C15H16N2O. The van der Waals surface area contributed by atoms with Crippen LogP contribution in [0.4, 0.5) is 0 Å². The predicted molar refractivity (Wildman–Crippen MR) is 73.0 cm³/mol. The van der Waals surface area contributed by atoms with Crippen LogP contribution in [0, 0.1) is 6.92 Å². The molecule has 3 nitrogen and oxygen atoms in total. The maximum Gasteiger partial charge on any atom is 0.251 e. The molecule has 0 spiro atoms. The second-order valence-corrected chi connectivity index (χ2v) is 4.09. The van der Waals surface area contributed by atoms with Gasteiger partial charge in [-0.25, -0.2) is 0 Å². The lowest BCUT2D eigenvalue weighted by molar-refractivity contribution is 0.0958. The van der Waals surface area contributed by atoms with Gasteiger partial charge in [0, 0.05) is 30.2 Å². The van der Waals surface area contributed by atoms with E-state index in [1.165, 1.54) is 0 Å². The van der Waals surface area contributed by atoms with Gasteiger partial charge in [0.15, 0.2) is 0 Å². The zero-order valence-electron chi connectivity index (χ0n) is 10.4. The Morgan fingerprint density at radius 2 is 2.11 bits per heavy atom. The van der Waals surface area contributed by atoms with E-state index in [2.05, 4.69) is 11.9 Å². The quantitative estimate of drug-likeness (QED) is 0.819. The van der Waals surface area contributed by atoms with Gasteiger partial charge in [0.05, 0.1) is 0 Å². The molecule has 2 aromatic rings. The lowest BCUT2D eigenvalue weighted by Crippen LogP contribution is -2.23. The number of aromatic nitrogens is 1. The van der Waals surface area contributed by atoms with Crippen LogP contribution in [-0.2, 0) is 0 Å². The number of nitrogens with one attached hydrogen (secondary N) is 1. The van der Waals surface area contributed by atoms with Crippen molar-refractivity contribution in [2.45, 2.75) is 6.92 Å². The molecule has 0 fully saturated rings. The van der Waals surface area contributed by atoms with E-state index in [1.807, 2.05) is 54.2 Å². The fourth-order valence-corrected chi connectivity index (χ4v) is 1.79. The minimum atomic E-state index is -0.0803. The molecule has 92 valence electrons. The average Bonchev–Trinajstić information content (AvgIpc) is 2.90. The smallest absolute Gasteiger partial charge is 0.251 e. The molecule has 18 heavy (non-hydrogen) atoms. The molecule has 1 aromatic heterocycles. The van der Waals surface area contributed by atoms with Crippen molar-refractivity contribution in [3.63, 3.8) is 0 Å². The van der Waals surface area contributed by atoms with Gasteiger partial charge in [-0.1, -0.05) is 12.1 Å². The van der Waals surface area contributed by atoms with Crippen molar-refractivity contribution >= 4 is 5.91 Å². The highest BCUT2D eigenvalue weighted by Gasteiger charge is 2.07. The second-order valence-electron chi connectivity index (χ2n) is 4.09. The van der Waals surface area contributed by atoms with E-state index in [-0.39, 0.29) is 5.91 Å². The van der Waals surface area contributed by atoms with Crippen LogP contribution in [0.3, 0.4) is 0 Å². The standard InChI is InChI=1S/C15H16N2O/c1-3-8-16-15(18)13-7-6-12(2)14(11-13)17-9-4-5-10-17/h3-7,9-11H,1,8H2,2H3,(H,16,18). The normalized spacial score (nSPS) is 10.1. The van der Waals surface area contributed by atoms with Gasteiger partial charge in [0.1, 0.15) is 0 Å². The Morgan fingerprint density at radius 1 is 1.39 bits per heavy atom. The summed E-state index contributed by atoms with van der Waals surface area (Å²) >= 11 is 0. The first-order valence-corrected chi connectivity index (χ1v) is 5.85. The number of amides is 1. The summed E-state index contributed by atoms with van der Waals surface area (Å²) in [5.41, 5.74) is 2.81. The van der Waals surface area contributed by atoms with E-state index < -0.39 is 0 Å². The molecule has 0 bridgehead atoms. The van der Waals surface area contributed by atoms with Crippen LogP contribution >= 0.6 is 0 Å². The van der Waals surface area contributed by atoms with E-state index >= 15 is 0 Å². The molecule has 1 aromatic carbocycles. The van der Waals surface area contributed by atoms with Crippen LogP contribution in [-0.4, -0.2) is 17.0 Å².